The third-order valence-corrected chi connectivity index (χ3v) is 2.69. The molecule has 0 radical (unpaired) electrons. The van der Waals surface area contributed by atoms with Gasteiger partial charge in [-0.15, -0.1) is 0 Å². The lowest BCUT2D eigenvalue weighted by molar-refractivity contribution is -0.385. The lowest BCUT2D eigenvalue weighted by atomic mass is 10.1. The van der Waals surface area contributed by atoms with Gasteiger partial charge in [0.05, 0.1) is 4.92 Å². The van der Waals surface area contributed by atoms with Crippen molar-refractivity contribution in [1.82, 2.24) is 0 Å². The van der Waals surface area contributed by atoms with Gasteiger partial charge in [0.1, 0.15) is 11.3 Å². The fourth-order valence-electron chi connectivity index (χ4n) is 1.75. The van der Waals surface area contributed by atoms with Crippen LogP contribution < -0.4 is 0 Å². The molecule has 100 valence electrons. The summed E-state index contributed by atoms with van der Waals surface area (Å²) in [5.41, 5.74) is 0.0799. The molecular weight excluding hydrogens is 258 g/mol. The second-order valence-electron chi connectivity index (χ2n) is 4.04. The molecule has 0 amide bonds. The molecule has 0 aromatic heterocycles. The molecule has 0 fully saturated rings. The fourth-order valence-corrected chi connectivity index (χ4v) is 1.75. The van der Waals surface area contributed by atoms with Crippen molar-refractivity contribution in [2.75, 3.05) is 0 Å². The van der Waals surface area contributed by atoms with Crippen LogP contribution in [0.2, 0.25) is 0 Å². The van der Waals surface area contributed by atoms with Crippen molar-refractivity contribution >= 4 is 17.5 Å². The van der Waals surface area contributed by atoms with Crippen LogP contribution in [-0.2, 0) is 0 Å². The number of aromatic hydroxyl groups is 1. The molecule has 0 atom stereocenters. The summed E-state index contributed by atoms with van der Waals surface area (Å²) in [4.78, 5) is 22.2. The van der Waals surface area contributed by atoms with Crippen LogP contribution in [0.3, 0.4) is 0 Å². The number of carbonyl (C=O) groups is 1. The quantitative estimate of drug-likeness (QED) is 0.400. The summed E-state index contributed by atoms with van der Waals surface area (Å²) in [5, 5.41) is 20.5. The first-order chi connectivity index (χ1) is 9.59. The van der Waals surface area contributed by atoms with E-state index in [2.05, 4.69) is 0 Å². The highest BCUT2D eigenvalue weighted by Gasteiger charge is 2.21. The van der Waals surface area contributed by atoms with Gasteiger partial charge in [0, 0.05) is 6.07 Å². The predicted molar refractivity (Wildman–Crippen MR) is 74.6 cm³/mol. The predicted octanol–water partition coefficient (Wildman–Crippen LogP) is 3.20. The summed E-state index contributed by atoms with van der Waals surface area (Å²) in [6.07, 6.45) is 2.75. The molecule has 5 nitrogen and oxygen atoms in total. The van der Waals surface area contributed by atoms with Gasteiger partial charge in [0.15, 0.2) is 5.78 Å². The molecule has 0 aliphatic carbocycles. The number of carbonyl (C=O) groups excluding carboxylic acids is 1. The number of nitrogens with zero attached hydrogens (tertiary/aromatic N) is 1. The van der Waals surface area contributed by atoms with Gasteiger partial charge in [0.2, 0.25) is 0 Å². The molecule has 0 aliphatic rings. The van der Waals surface area contributed by atoms with E-state index >= 15 is 0 Å². The van der Waals surface area contributed by atoms with Gasteiger partial charge in [-0.05, 0) is 17.7 Å². The molecule has 1 N–H and O–H groups in total. The Labute approximate surface area is 115 Å². The summed E-state index contributed by atoms with van der Waals surface area (Å²) in [6, 6.07) is 12.8. The average molecular weight is 269 g/mol. The molecule has 2 aromatic rings. The van der Waals surface area contributed by atoms with Crippen LogP contribution in [0.4, 0.5) is 5.69 Å². The third kappa shape index (κ3) is 2.89. The van der Waals surface area contributed by atoms with E-state index in [1.807, 2.05) is 18.2 Å². The molecule has 0 saturated carbocycles. The number of hydrogen-bond donors (Lipinski definition) is 1. The highest BCUT2D eigenvalue weighted by atomic mass is 16.6. The Bertz CT molecular complexity index is 678. The van der Waals surface area contributed by atoms with Crippen molar-refractivity contribution in [3.8, 4) is 5.75 Å². The second-order valence-corrected chi connectivity index (χ2v) is 4.04. The number of nitro groups is 1. The first-order valence-electron chi connectivity index (χ1n) is 5.83. The molecule has 0 bridgehead atoms. The Kier molecular flexibility index (Phi) is 3.91. The van der Waals surface area contributed by atoms with Crippen LogP contribution in [0.5, 0.6) is 5.75 Å². The van der Waals surface area contributed by atoms with Crippen molar-refractivity contribution in [3.05, 3.63) is 75.8 Å². The maximum absolute atomic E-state index is 12.0. The number of benzene rings is 2. The lowest BCUT2D eigenvalue weighted by Crippen LogP contribution is -2.01. The Morgan fingerprint density at radius 3 is 2.45 bits per heavy atom. The zero-order chi connectivity index (χ0) is 14.5. The van der Waals surface area contributed by atoms with Crippen LogP contribution in [0.1, 0.15) is 15.9 Å². The third-order valence-electron chi connectivity index (χ3n) is 2.69. The van der Waals surface area contributed by atoms with Crippen molar-refractivity contribution in [2.45, 2.75) is 0 Å². The maximum Gasteiger partial charge on any atom is 0.284 e. The molecule has 0 saturated heterocycles. The molecule has 20 heavy (non-hydrogen) atoms. The van der Waals surface area contributed by atoms with Gasteiger partial charge >= 0.3 is 0 Å². The standard InChI is InChI=1S/C15H11NO4/c17-13-8-4-7-12(16(19)20)15(13)14(18)10-9-11-5-2-1-3-6-11/h1-10,17H/b10-9+. The van der Waals surface area contributed by atoms with Crippen molar-refractivity contribution < 1.29 is 14.8 Å². The van der Waals surface area contributed by atoms with Crippen LogP contribution in [0.25, 0.3) is 6.08 Å². The van der Waals surface area contributed by atoms with E-state index in [1.165, 1.54) is 24.3 Å². The van der Waals surface area contributed by atoms with Crippen molar-refractivity contribution in [2.24, 2.45) is 0 Å². The minimum absolute atomic E-state index is 0.301. The number of nitro benzene ring substituents is 1. The van der Waals surface area contributed by atoms with Gasteiger partial charge in [-0.2, -0.15) is 0 Å². The Morgan fingerprint density at radius 2 is 1.80 bits per heavy atom. The first-order valence-corrected chi connectivity index (χ1v) is 5.83. The number of allylic oxidation sites excluding steroid dienone is 1. The van der Waals surface area contributed by atoms with E-state index in [-0.39, 0.29) is 5.56 Å². The van der Waals surface area contributed by atoms with E-state index in [0.717, 1.165) is 5.56 Å². The summed E-state index contributed by atoms with van der Waals surface area (Å²) in [5.74, 6) is -1.01. The summed E-state index contributed by atoms with van der Waals surface area (Å²) < 4.78 is 0. The van der Waals surface area contributed by atoms with Crippen molar-refractivity contribution in [3.63, 3.8) is 0 Å². The molecule has 0 aliphatic heterocycles. The van der Waals surface area contributed by atoms with E-state index < -0.39 is 22.1 Å². The smallest absolute Gasteiger partial charge is 0.284 e. The van der Waals surface area contributed by atoms with Gasteiger partial charge in [-0.1, -0.05) is 42.5 Å². The number of phenolic OH excluding ortho intramolecular Hbond substituents is 1. The fraction of sp³-hybridized carbons (Fsp3) is 0. The minimum atomic E-state index is -0.691. The highest BCUT2D eigenvalue weighted by molar-refractivity contribution is 6.11. The minimum Gasteiger partial charge on any atom is -0.507 e. The molecule has 0 unspecified atom stereocenters. The average Bonchev–Trinajstić information content (AvgIpc) is 2.45. The second kappa shape index (κ2) is 5.79. The maximum atomic E-state index is 12.0. The van der Waals surface area contributed by atoms with Crippen LogP contribution >= 0.6 is 0 Å². The monoisotopic (exact) mass is 269 g/mol. The number of phenols is 1. The largest absolute Gasteiger partial charge is 0.507 e. The van der Waals surface area contributed by atoms with E-state index in [4.69, 9.17) is 0 Å². The van der Waals surface area contributed by atoms with Gasteiger partial charge in [-0.3, -0.25) is 14.9 Å². The molecule has 2 aromatic carbocycles. The first kappa shape index (κ1) is 13.5. The van der Waals surface area contributed by atoms with Crippen LogP contribution in [0, 0.1) is 10.1 Å². The number of ketones is 1. The summed E-state index contributed by atoms with van der Waals surface area (Å²) in [6.45, 7) is 0. The van der Waals surface area contributed by atoms with E-state index in [9.17, 15) is 20.0 Å². The van der Waals surface area contributed by atoms with Crippen molar-refractivity contribution in [1.29, 1.82) is 0 Å². The SMILES string of the molecule is O=C(/C=C/c1ccccc1)c1c(O)cccc1[N+](=O)[O-]. The molecular formula is C15H11NO4. The summed E-state index contributed by atoms with van der Waals surface area (Å²) in [7, 11) is 0. The number of rotatable bonds is 4. The Hall–Kier alpha value is -2.95. The van der Waals surface area contributed by atoms with Gasteiger partial charge in [0.25, 0.3) is 5.69 Å². The normalized spacial score (nSPS) is 10.6. The van der Waals surface area contributed by atoms with E-state index in [0.29, 0.717) is 0 Å². The zero-order valence-electron chi connectivity index (χ0n) is 10.4. The van der Waals surface area contributed by atoms with Gasteiger partial charge < -0.3 is 5.11 Å². The Morgan fingerprint density at radius 1 is 1.10 bits per heavy atom. The van der Waals surface area contributed by atoms with Crippen LogP contribution in [0.15, 0.2) is 54.6 Å². The molecule has 2 rings (SSSR count). The number of hydrogen-bond acceptors (Lipinski definition) is 4. The molecule has 0 spiro atoms. The summed E-state index contributed by atoms with van der Waals surface area (Å²) >= 11 is 0. The highest BCUT2D eigenvalue weighted by Crippen LogP contribution is 2.28. The Balaban J connectivity index is 2.35. The van der Waals surface area contributed by atoms with Crippen LogP contribution in [-0.4, -0.2) is 15.8 Å². The molecule has 0 heterocycles. The topological polar surface area (TPSA) is 80.4 Å². The zero-order valence-corrected chi connectivity index (χ0v) is 10.4. The van der Waals surface area contributed by atoms with E-state index in [1.54, 1.807) is 18.2 Å². The lowest BCUT2D eigenvalue weighted by Gasteiger charge is -2.01. The molecule has 5 heteroatoms. The van der Waals surface area contributed by atoms with Gasteiger partial charge in [-0.25, -0.2) is 0 Å².